The van der Waals surface area contributed by atoms with E-state index in [1.807, 2.05) is 0 Å². The second-order valence-corrected chi connectivity index (χ2v) is 4.09. The van der Waals surface area contributed by atoms with E-state index in [1.165, 1.54) is 13.3 Å². The summed E-state index contributed by atoms with van der Waals surface area (Å²) in [6.45, 7) is 0. The highest BCUT2D eigenvalue weighted by Crippen LogP contribution is 2.05. The SMILES string of the molecule is COC(=O)CCC(NC(=O)c1cncc(Cl)n1)C(=O)O. The summed E-state index contributed by atoms with van der Waals surface area (Å²) < 4.78 is 4.40. The lowest BCUT2D eigenvalue weighted by atomic mass is 10.1. The molecule has 0 saturated carbocycles. The third-order valence-electron chi connectivity index (χ3n) is 2.31. The molecule has 0 aliphatic rings. The largest absolute Gasteiger partial charge is 0.480 e. The Balaban J connectivity index is 2.68. The van der Waals surface area contributed by atoms with Crippen molar-refractivity contribution in [3.05, 3.63) is 23.2 Å². The molecule has 1 aromatic heterocycles. The Bertz CT molecular complexity index is 523. The molecule has 1 heterocycles. The number of aromatic nitrogens is 2. The highest BCUT2D eigenvalue weighted by Gasteiger charge is 2.22. The van der Waals surface area contributed by atoms with Crippen molar-refractivity contribution in [2.45, 2.75) is 18.9 Å². The number of carbonyl (C=O) groups excluding carboxylic acids is 2. The van der Waals surface area contributed by atoms with Crippen LogP contribution >= 0.6 is 11.6 Å². The summed E-state index contributed by atoms with van der Waals surface area (Å²) in [7, 11) is 1.19. The van der Waals surface area contributed by atoms with E-state index in [2.05, 4.69) is 20.0 Å². The number of rotatable bonds is 6. The predicted octanol–water partition coefficient (Wildman–Crippen LogP) is 0.266. The number of methoxy groups -OCH3 is 1. The van der Waals surface area contributed by atoms with Gasteiger partial charge in [0.15, 0.2) is 0 Å². The van der Waals surface area contributed by atoms with Crippen molar-refractivity contribution in [1.82, 2.24) is 15.3 Å². The minimum atomic E-state index is -1.27. The second-order valence-electron chi connectivity index (χ2n) is 3.71. The topological polar surface area (TPSA) is 118 Å². The number of carbonyl (C=O) groups is 3. The van der Waals surface area contributed by atoms with Crippen LogP contribution in [-0.2, 0) is 14.3 Å². The molecular weight excluding hydrogens is 290 g/mol. The van der Waals surface area contributed by atoms with Crippen LogP contribution in [0.25, 0.3) is 0 Å². The number of nitrogens with one attached hydrogen (secondary N) is 1. The molecule has 1 atom stereocenters. The van der Waals surface area contributed by atoms with Gasteiger partial charge in [0, 0.05) is 6.42 Å². The van der Waals surface area contributed by atoms with E-state index >= 15 is 0 Å². The molecule has 0 aliphatic heterocycles. The fraction of sp³-hybridized carbons (Fsp3) is 0.364. The summed E-state index contributed by atoms with van der Waals surface area (Å²) in [5.41, 5.74) is -0.109. The lowest BCUT2D eigenvalue weighted by Crippen LogP contribution is -2.41. The van der Waals surface area contributed by atoms with Gasteiger partial charge >= 0.3 is 11.9 Å². The van der Waals surface area contributed by atoms with Gasteiger partial charge in [-0.1, -0.05) is 11.6 Å². The van der Waals surface area contributed by atoms with Gasteiger partial charge in [0.25, 0.3) is 5.91 Å². The summed E-state index contributed by atoms with van der Waals surface area (Å²) in [5.74, 6) is -2.57. The fourth-order valence-electron chi connectivity index (χ4n) is 1.31. The summed E-state index contributed by atoms with van der Waals surface area (Å²) in [6, 6.07) is -1.23. The van der Waals surface area contributed by atoms with Gasteiger partial charge in [0.05, 0.1) is 19.5 Å². The van der Waals surface area contributed by atoms with Crippen molar-refractivity contribution >= 4 is 29.4 Å². The Labute approximate surface area is 119 Å². The van der Waals surface area contributed by atoms with Crippen LogP contribution in [0.15, 0.2) is 12.4 Å². The van der Waals surface area contributed by atoms with Crippen molar-refractivity contribution in [3.63, 3.8) is 0 Å². The van der Waals surface area contributed by atoms with Crippen molar-refractivity contribution in [2.75, 3.05) is 7.11 Å². The summed E-state index contributed by atoms with van der Waals surface area (Å²) in [6.07, 6.45) is 2.17. The van der Waals surface area contributed by atoms with Gasteiger partial charge in [-0.2, -0.15) is 0 Å². The molecule has 8 nitrogen and oxygen atoms in total. The van der Waals surface area contributed by atoms with Crippen LogP contribution in [-0.4, -0.2) is 46.1 Å². The van der Waals surface area contributed by atoms with Crippen LogP contribution < -0.4 is 5.32 Å². The van der Waals surface area contributed by atoms with Crippen LogP contribution in [0.4, 0.5) is 0 Å². The molecule has 1 rings (SSSR count). The molecule has 0 radical (unpaired) electrons. The number of carboxylic acid groups (broad SMARTS) is 1. The number of ether oxygens (including phenoxy) is 1. The van der Waals surface area contributed by atoms with Gasteiger partial charge < -0.3 is 15.2 Å². The molecule has 2 N–H and O–H groups in total. The summed E-state index contributed by atoms with van der Waals surface area (Å²) in [4.78, 5) is 41.1. The summed E-state index contributed by atoms with van der Waals surface area (Å²) >= 11 is 5.58. The molecule has 9 heteroatoms. The first kappa shape index (κ1) is 15.8. The third-order valence-corrected chi connectivity index (χ3v) is 2.49. The molecule has 0 spiro atoms. The van der Waals surface area contributed by atoms with Crippen molar-refractivity contribution in [2.24, 2.45) is 0 Å². The minimum Gasteiger partial charge on any atom is -0.480 e. The lowest BCUT2D eigenvalue weighted by Gasteiger charge is -2.13. The molecular formula is C11H12ClN3O5. The van der Waals surface area contributed by atoms with Crippen molar-refractivity contribution < 1.29 is 24.2 Å². The van der Waals surface area contributed by atoms with E-state index < -0.39 is 23.9 Å². The molecule has 0 saturated heterocycles. The molecule has 0 bridgehead atoms. The zero-order valence-electron chi connectivity index (χ0n) is 10.5. The number of hydrogen-bond acceptors (Lipinski definition) is 6. The van der Waals surface area contributed by atoms with Crippen molar-refractivity contribution in [1.29, 1.82) is 0 Å². The Morgan fingerprint density at radius 1 is 1.45 bits per heavy atom. The first-order valence-corrected chi connectivity index (χ1v) is 5.90. The molecule has 0 aliphatic carbocycles. The summed E-state index contributed by atoms with van der Waals surface area (Å²) in [5, 5.41) is 11.2. The molecule has 1 aromatic rings. The Kier molecular flexibility index (Phi) is 5.85. The van der Waals surface area contributed by atoms with Gasteiger partial charge in [-0.05, 0) is 6.42 Å². The fourth-order valence-corrected chi connectivity index (χ4v) is 1.45. The smallest absolute Gasteiger partial charge is 0.326 e. The van der Waals surface area contributed by atoms with Gasteiger partial charge in [-0.3, -0.25) is 14.6 Å². The van der Waals surface area contributed by atoms with E-state index in [0.717, 1.165) is 6.20 Å². The Hall–Kier alpha value is -2.22. The van der Waals surface area contributed by atoms with Crippen LogP contribution in [0.1, 0.15) is 23.3 Å². The standard InChI is InChI=1S/C11H12ClN3O5/c1-20-9(16)3-2-6(11(18)19)15-10(17)7-4-13-5-8(12)14-7/h4-6H,2-3H2,1H3,(H,15,17)(H,18,19). The number of aliphatic carboxylic acids is 1. The third kappa shape index (κ3) is 4.81. The highest BCUT2D eigenvalue weighted by atomic mass is 35.5. The average molecular weight is 302 g/mol. The van der Waals surface area contributed by atoms with E-state index in [0.29, 0.717) is 0 Å². The van der Waals surface area contributed by atoms with E-state index in [4.69, 9.17) is 16.7 Å². The Morgan fingerprint density at radius 2 is 2.15 bits per heavy atom. The van der Waals surface area contributed by atoms with Gasteiger partial charge in [0.1, 0.15) is 16.9 Å². The van der Waals surface area contributed by atoms with E-state index in [9.17, 15) is 14.4 Å². The number of nitrogens with zero attached hydrogens (tertiary/aromatic N) is 2. The van der Waals surface area contributed by atoms with Gasteiger partial charge in [-0.25, -0.2) is 9.78 Å². The van der Waals surface area contributed by atoms with Crippen LogP contribution in [0, 0.1) is 0 Å². The molecule has 108 valence electrons. The maximum Gasteiger partial charge on any atom is 0.326 e. The maximum atomic E-state index is 11.8. The number of carboxylic acids is 1. The molecule has 1 unspecified atom stereocenters. The monoisotopic (exact) mass is 301 g/mol. The van der Waals surface area contributed by atoms with Crippen LogP contribution in [0.3, 0.4) is 0 Å². The first-order chi connectivity index (χ1) is 9.43. The molecule has 1 amide bonds. The van der Waals surface area contributed by atoms with Crippen LogP contribution in [0.2, 0.25) is 5.15 Å². The van der Waals surface area contributed by atoms with Gasteiger partial charge in [0.2, 0.25) is 0 Å². The highest BCUT2D eigenvalue weighted by molar-refractivity contribution is 6.29. The van der Waals surface area contributed by atoms with Crippen LogP contribution in [0.5, 0.6) is 0 Å². The number of esters is 1. The average Bonchev–Trinajstić information content (AvgIpc) is 2.42. The van der Waals surface area contributed by atoms with E-state index in [-0.39, 0.29) is 23.7 Å². The molecule has 0 fully saturated rings. The molecule has 0 aromatic carbocycles. The first-order valence-electron chi connectivity index (χ1n) is 5.52. The normalized spacial score (nSPS) is 11.5. The second kappa shape index (κ2) is 7.39. The minimum absolute atomic E-state index is 0.0130. The number of amides is 1. The lowest BCUT2D eigenvalue weighted by molar-refractivity contribution is -0.142. The number of hydrogen-bond donors (Lipinski definition) is 2. The maximum absolute atomic E-state index is 11.8. The van der Waals surface area contributed by atoms with Gasteiger partial charge in [-0.15, -0.1) is 0 Å². The van der Waals surface area contributed by atoms with E-state index in [1.54, 1.807) is 0 Å². The predicted molar refractivity (Wildman–Crippen MR) is 67.2 cm³/mol. The zero-order chi connectivity index (χ0) is 15.1. The quantitative estimate of drug-likeness (QED) is 0.724. The number of halogens is 1. The zero-order valence-corrected chi connectivity index (χ0v) is 11.3. The van der Waals surface area contributed by atoms with Crippen molar-refractivity contribution in [3.8, 4) is 0 Å². The molecule has 20 heavy (non-hydrogen) atoms. The Morgan fingerprint density at radius 3 is 2.70 bits per heavy atom.